The molecule has 2 fully saturated rings. The van der Waals surface area contributed by atoms with Crippen molar-refractivity contribution in [1.82, 2.24) is 0 Å². The molecule has 3 rings (SSSR count). The summed E-state index contributed by atoms with van der Waals surface area (Å²) < 4.78 is 11.8. The van der Waals surface area contributed by atoms with Crippen LogP contribution in [0, 0.1) is 19.8 Å². The fourth-order valence-corrected chi connectivity index (χ4v) is 4.49. The van der Waals surface area contributed by atoms with E-state index < -0.39 is 0 Å². The molecule has 1 aromatic carbocycles. The maximum Gasteiger partial charge on any atom is 0.196 e. The summed E-state index contributed by atoms with van der Waals surface area (Å²) in [6, 6.07) is 6.13. The molecule has 0 aromatic heterocycles. The van der Waals surface area contributed by atoms with E-state index in [2.05, 4.69) is 26.0 Å². The third kappa shape index (κ3) is 4.37. The Morgan fingerprint density at radius 3 is 2.57 bits per heavy atom. The van der Waals surface area contributed by atoms with Crippen molar-refractivity contribution in [1.29, 1.82) is 0 Å². The van der Waals surface area contributed by atoms with E-state index in [4.69, 9.17) is 9.47 Å². The Bertz CT molecular complexity index is 531. The summed E-state index contributed by atoms with van der Waals surface area (Å²) in [7, 11) is 0. The van der Waals surface area contributed by atoms with Gasteiger partial charge in [0.25, 0.3) is 0 Å². The van der Waals surface area contributed by atoms with E-state index in [1.807, 2.05) is 6.07 Å². The van der Waals surface area contributed by atoms with Crippen LogP contribution in [0.5, 0.6) is 0 Å². The fourth-order valence-electron chi connectivity index (χ4n) is 3.53. The maximum atomic E-state index is 12.4. The molecule has 1 aromatic rings. The minimum atomic E-state index is -0.0849. The summed E-state index contributed by atoms with van der Waals surface area (Å²) in [5.41, 5.74) is 2.32. The molecule has 1 heterocycles. The quantitative estimate of drug-likeness (QED) is 0.752. The normalized spacial score (nSPS) is 25.7. The highest BCUT2D eigenvalue weighted by atomic mass is 32.2. The zero-order valence-corrected chi connectivity index (χ0v) is 14.9. The summed E-state index contributed by atoms with van der Waals surface area (Å²) >= 11 is 1.35. The number of aryl methyl sites for hydroxylation is 2. The van der Waals surface area contributed by atoms with Gasteiger partial charge in [-0.15, -0.1) is 0 Å². The summed E-state index contributed by atoms with van der Waals surface area (Å²) in [4.78, 5) is 13.5. The van der Waals surface area contributed by atoms with Crippen LogP contribution in [0.3, 0.4) is 0 Å². The number of benzene rings is 1. The molecule has 3 nitrogen and oxygen atoms in total. The van der Waals surface area contributed by atoms with E-state index in [-0.39, 0.29) is 17.5 Å². The first-order valence-electron chi connectivity index (χ1n) is 8.67. The lowest BCUT2D eigenvalue weighted by Gasteiger charge is -2.26. The minimum Gasteiger partial charge on any atom is -0.350 e. The number of thioether (sulfide) groups is 1. The van der Waals surface area contributed by atoms with Gasteiger partial charge in [0.1, 0.15) is 0 Å². The molecule has 4 heteroatoms. The van der Waals surface area contributed by atoms with Gasteiger partial charge in [0.05, 0.1) is 12.7 Å². The van der Waals surface area contributed by atoms with Gasteiger partial charge in [-0.2, -0.15) is 0 Å². The van der Waals surface area contributed by atoms with Crippen molar-refractivity contribution in [2.75, 3.05) is 6.61 Å². The van der Waals surface area contributed by atoms with Crippen molar-refractivity contribution in [3.05, 3.63) is 29.3 Å². The Balaban J connectivity index is 1.51. The van der Waals surface area contributed by atoms with Crippen molar-refractivity contribution in [3.63, 3.8) is 0 Å². The predicted octanol–water partition coefficient (Wildman–Crippen LogP) is 4.63. The molecule has 1 aliphatic heterocycles. The number of rotatable bonds is 4. The summed E-state index contributed by atoms with van der Waals surface area (Å²) in [5, 5.41) is 0.167. The first kappa shape index (κ1) is 17.0. The molecule has 0 spiro atoms. The third-order valence-electron chi connectivity index (χ3n) is 4.83. The van der Waals surface area contributed by atoms with Gasteiger partial charge >= 0.3 is 0 Å². The van der Waals surface area contributed by atoms with Gasteiger partial charge in [0, 0.05) is 17.2 Å². The molecule has 2 atom stereocenters. The molecule has 0 amide bonds. The van der Waals surface area contributed by atoms with Gasteiger partial charge in [-0.05, 0) is 37.8 Å². The number of hydrogen-bond donors (Lipinski definition) is 0. The van der Waals surface area contributed by atoms with E-state index in [0.29, 0.717) is 18.9 Å². The Morgan fingerprint density at radius 1 is 1.17 bits per heavy atom. The minimum absolute atomic E-state index is 0.0775. The lowest BCUT2D eigenvalue weighted by Crippen LogP contribution is -2.25. The monoisotopic (exact) mass is 334 g/mol. The van der Waals surface area contributed by atoms with Gasteiger partial charge in [-0.1, -0.05) is 49.2 Å². The number of hydrogen-bond acceptors (Lipinski definition) is 4. The van der Waals surface area contributed by atoms with Crippen molar-refractivity contribution in [2.24, 2.45) is 5.92 Å². The van der Waals surface area contributed by atoms with Crippen LogP contribution in [0.1, 0.15) is 49.7 Å². The molecule has 1 aliphatic carbocycles. The average Bonchev–Trinajstić information content (AvgIpc) is 3.00. The highest BCUT2D eigenvalue weighted by molar-refractivity contribution is 8.13. The van der Waals surface area contributed by atoms with E-state index >= 15 is 0 Å². The molecule has 2 aliphatic rings. The van der Waals surface area contributed by atoms with Gasteiger partial charge in [0.2, 0.25) is 0 Å². The zero-order chi connectivity index (χ0) is 16.2. The van der Waals surface area contributed by atoms with Crippen LogP contribution in [0.25, 0.3) is 0 Å². The molecule has 0 radical (unpaired) electrons. The standard InChI is InChI=1S/C19H26O3S/c1-13-7-6-8-14(2)18(13)23-17(20)11-16-12-21-19(22-16)15-9-4-3-5-10-15/h6-8,15-16,19H,3-5,9-12H2,1-2H3. The van der Waals surface area contributed by atoms with E-state index in [0.717, 1.165) is 16.0 Å². The van der Waals surface area contributed by atoms with E-state index in [1.54, 1.807) is 0 Å². The highest BCUT2D eigenvalue weighted by Gasteiger charge is 2.34. The van der Waals surface area contributed by atoms with Crippen LogP contribution >= 0.6 is 11.8 Å². The summed E-state index contributed by atoms with van der Waals surface area (Å²) in [5.74, 6) is 0.523. The first-order chi connectivity index (χ1) is 11.1. The maximum absolute atomic E-state index is 12.4. The van der Waals surface area contributed by atoms with Gasteiger partial charge < -0.3 is 9.47 Å². The number of ether oxygens (including phenoxy) is 2. The van der Waals surface area contributed by atoms with Crippen LogP contribution in [0.4, 0.5) is 0 Å². The second-order valence-corrected chi connectivity index (χ2v) is 7.82. The molecule has 1 saturated heterocycles. The molecule has 2 unspecified atom stereocenters. The van der Waals surface area contributed by atoms with Crippen molar-refractivity contribution >= 4 is 16.9 Å². The molecule has 23 heavy (non-hydrogen) atoms. The second kappa shape index (κ2) is 7.82. The molecule has 0 N–H and O–H groups in total. The van der Waals surface area contributed by atoms with Crippen LogP contribution in [0.15, 0.2) is 23.1 Å². The van der Waals surface area contributed by atoms with Crippen LogP contribution in [-0.4, -0.2) is 24.1 Å². The van der Waals surface area contributed by atoms with Crippen molar-refractivity contribution in [3.8, 4) is 0 Å². The van der Waals surface area contributed by atoms with Crippen molar-refractivity contribution in [2.45, 2.75) is 69.7 Å². The largest absolute Gasteiger partial charge is 0.350 e. The predicted molar refractivity (Wildman–Crippen MR) is 92.6 cm³/mol. The smallest absolute Gasteiger partial charge is 0.196 e. The van der Waals surface area contributed by atoms with Gasteiger partial charge in [0.15, 0.2) is 11.4 Å². The number of carbonyl (C=O) groups is 1. The third-order valence-corrected chi connectivity index (χ3v) is 6.07. The Morgan fingerprint density at radius 2 is 1.87 bits per heavy atom. The lowest BCUT2D eigenvalue weighted by molar-refractivity contribution is -0.118. The molecule has 1 saturated carbocycles. The Hall–Kier alpha value is -0.840. The summed E-state index contributed by atoms with van der Waals surface area (Å²) in [6.07, 6.45) is 6.55. The highest BCUT2D eigenvalue weighted by Crippen LogP contribution is 2.34. The van der Waals surface area contributed by atoms with Crippen molar-refractivity contribution < 1.29 is 14.3 Å². The van der Waals surface area contributed by atoms with E-state index in [1.165, 1.54) is 43.9 Å². The van der Waals surface area contributed by atoms with Crippen LogP contribution in [0.2, 0.25) is 0 Å². The lowest BCUT2D eigenvalue weighted by atomic mass is 9.89. The fraction of sp³-hybridized carbons (Fsp3) is 0.632. The molecular weight excluding hydrogens is 308 g/mol. The van der Waals surface area contributed by atoms with Crippen LogP contribution < -0.4 is 0 Å². The SMILES string of the molecule is Cc1cccc(C)c1SC(=O)CC1COC(C2CCCCC2)O1. The molecular formula is C19H26O3S. The second-order valence-electron chi connectivity index (χ2n) is 6.76. The number of carbonyl (C=O) groups excluding carboxylic acids is 1. The Labute approximate surface area is 143 Å². The summed E-state index contributed by atoms with van der Waals surface area (Å²) in [6.45, 7) is 4.66. The van der Waals surface area contributed by atoms with Crippen LogP contribution in [-0.2, 0) is 14.3 Å². The van der Waals surface area contributed by atoms with Gasteiger partial charge in [-0.25, -0.2) is 0 Å². The Kier molecular flexibility index (Phi) is 5.78. The molecule has 0 bridgehead atoms. The average molecular weight is 334 g/mol. The topological polar surface area (TPSA) is 35.5 Å². The molecule has 126 valence electrons. The van der Waals surface area contributed by atoms with E-state index in [9.17, 15) is 4.79 Å². The first-order valence-corrected chi connectivity index (χ1v) is 9.49. The zero-order valence-electron chi connectivity index (χ0n) is 14.0. The van der Waals surface area contributed by atoms with Gasteiger partial charge in [-0.3, -0.25) is 4.79 Å².